The highest BCUT2D eigenvalue weighted by Crippen LogP contribution is 2.28. The number of nitrogens with one attached hydrogen (secondary N) is 1. The van der Waals surface area contributed by atoms with Crippen LogP contribution in [0.3, 0.4) is 0 Å². The normalized spacial score (nSPS) is 10.8. The van der Waals surface area contributed by atoms with E-state index in [2.05, 4.69) is 32.6 Å². The molecule has 4 rings (SSSR count). The van der Waals surface area contributed by atoms with Crippen molar-refractivity contribution in [1.29, 1.82) is 0 Å². The Bertz CT molecular complexity index is 1090. The van der Waals surface area contributed by atoms with Crippen LogP contribution in [0.5, 0.6) is 0 Å². The molecule has 29 heavy (non-hydrogen) atoms. The lowest BCUT2D eigenvalue weighted by molar-refractivity contribution is -0.115. The molecule has 2 aromatic carbocycles. The smallest absolute Gasteiger partial charge is 0.232 e. The van der Waals surface area contributed by atoms with Gasteiger partial charge >= 0.3 is 0 Å². The topological polar surface area (TPSA) is 80.9 Å². The van der Waals surface area contributed by atoms with Crippen molar-refractivity contribution in [3.8, 4) is 11.5 Å². The second-order valence-corrected chi connectivity index (χ2v) is 8.46. The van der Waals surface area contributed by atoms with Gasteiger partial charge in [0.15, 0.2) is 4.34 Å². The molecule has 1 amide bonds. The Morgan fingerprint density at radius 3 is 2.55 bits per heavy atom. The number of amides is 1. The zero-order valence-electron chi connectivity index (χ0n) is 15.7. The number of benzene rings is 2. The average molecular weight is 423 g/mol. The molecule has 0 aliphatic carbocycles. The third-order valence-electron chi connectivity index (χ3n) is 4.10. The maximum absolute atomic E-state index is 12.4. The molecular formula is C21H18N4O2S2. The highest BCUT2D eigenvalue weighted by molar-refractivity contribution is 8.00. The first-order valence-electron chi connectivity index (χ1n) is 8.99. The lowest BCUT2D eigenvalue weighted by Crippen LogP contribution is -2.15. The SMILES string of the molecule is Cc1oc(-c2ccccc2)nc1CC(=O)Nc1nnc(SCc2ccccc2)s1. The predicted octanol–water partition coefficient (Wildman–Crippen LogP) is 4.98. The Hall–Kier alpha value is -2.97. The molecule has 4 aromatic rings. The summed E-state index contributed by atoms with van der Waals surface area (Å²) >= 11 is 2.96. The summed E-state index contributed by atoms with van der Waals surface area (Å²) in [6.45, 7) is 1.81. The number of carbonyl (C=O) groups excluding carboxylic acids is 1. The van der Waals surface area contributed by atoms with Crippen molar-refractivity contribution in [2.75, 3.05) is 5.32 Å². The first kappa shape index (κ1) is 19.4. The van der Waals surface area contributed by atoms with E-state index in [9.17, 15) is 4.79 Å². The summed E-state index contributed by atoms with van der Waals surface area (Å²) in [4.78, 5) is 16.9. The van der Waals surface area contributed by atoms with Gasteiger partial charge in [-0.05, 0) is 24.6 Å². The largest absolute Gasteiger partial charge is 0.441 e. The van der Waals surface area contributed by atoms with Crippen molar-refractivity contribution in [3.05, 3.63) is 77.7 Å². The summed E-state index contributed by atoms with van der Waals surface area (Å²) in [7, 11) is 0. The van der Waals surface area contributed by atoms with Crippen LogP contribution in [0, 0.1) is 6.92 Å². The molecule has 2 heterocycles. The molecule has 146 valence electrons. The van der Waals surface area contributed by atoms with Crippen molar-refractivity contribution in [3.63, 3.8) is 0 Å². The molecule has 0 unspecified atom stereocenters. The Morgan fingerprint density at radius 1 is 1.07 bits per heavy atom. The number of rotatable bonds is 7. The number of aryl methyl sites for hydroxylation is 1. The van der Waals surface area contributed by atoms with Crippen molar-refractivity contribution in [2.45, 2.75) is 23.4 Å². The molecule has 0 saturated carbocycles. The molecular weight excluding hydrogens is 404 g/mol. The minimum absolute atomic E-state index is 0.119. The van der Waals surface area contributed by atoms with Gasteiger partial charge in [-0.2, -0.15) is 0 Å². The average Bonchev–Trinajstić information content (AvgIpc) is 3.34. The van der Waals surface area contributed by atoms with Gasteiger partial charge in [-0.1, -0.05) is 71.6 Å². The molecule has 0 bridgehead atoms. The maximum Gasteiger partial charge on any atom is 0.232 e. The first-order valence-corrected chi connectivity index (χ1v) is 10.8. The van der Waals surface area contributed by atoms with Crippen molar-refractivity contribution in [1.82, 2.24) is 15.2 Å². The van der Waals surface area contributed by atoms with Crippen LogP contribution < -0.4 is 5.32 Å². The van der Waals surface area contributed by atoms with Crippen LogP contribution in [0.25, 0.3) is 11.5 Å². The van der Waals surface area contributed by atoms with Crippen LogP contribution in [0.2, 0.25) is 0 Å². The first-order chi connectivity index (χ1) is 14.2. The standard InChI is InChI=1S/C21H18N4O2S2/c1-14-17(22-19(27-14)16-10-6-3-7-11-16)12-18(26)23-20-24-25-21(29-20)28-13-15-8-4-2-5-9-15/h2-11H,12-13H2,1H3,(H,23,24,26). The van der Waals surface area contributed by atoms with Crippen LogP contribution in [0.15, 0.2) is 69.4 Å². The monoisotopic (exact) mass is 422 g/mol. The van der Waals surface area contributed by atoms with Crippen LogP contribution in [0.4, 0.5) is 5.13 Å². The second-order valence-electron chi connectivity index (χ2n) is 6.26. The molecule has 8 heteroatoms. The number of oxazole rings is 1. The van der Waals surface area contributed by atoms with Crippen LogP contribution in [-0.4, -0.2) is 21.1 Å². The number of nitrogens with zero attached hydrogens (tertiary/aromatic N) is 3. The summed E-state index contributed by atoms with van der Waals surface area (Å²) in [5.74, 6) is 1.76. The molecule has 0 radical (unpaired) electrons. The van der Waals surface area contributed by atoms with E-state index in [1.54, 1.807) is 11.8 Å². The zero-order chi connectivity index (χ0) is 20.1. The minimum atomic E-state index is -0.197. The molecule has 6 nitrogen and oxygen atoms in total. The Balaban J connectivity index is 1.34. The van der Waals surface area contributed by atoms with E-state index in [4.69, 9.17) is 4.42 Å². The minimum Gasteiger partial charge on any atom is -0.441 e. The van der Waals surface area contributed by atoms with Gasteiger partial charge in [0.25, 0.3) is 0 Å². The number of anilines is 1. The number of aromatic nitrogens is 3. The number of hydrogen-bond acceptors (Lipinski definition) is 7. The van der Waals surface area contributed by atoms with Gasteiger partial charge in [0.05, 0.1) is 12.1 Å². The summed E-state index contributed by atoms with van der Waals surface area (Å²) < 4.78 is 6.52. The molecule has 0 aliphatic heterocycles. The molecule has 0 atom stereocenters. The fourth-order valence-corrected chi connectivity index (χ4v) is 4.37. The van der Waals surface area contributed by atoms with Gasteiger partial charge in [-0.3, -0.25) is 4.79 Å². The van der Waals surface area contributed by atoms with Gasteiger partial charge in [0, 0.05) is 11.3 Å². The van der Waals surface area contributed by atoms with Gasteiger partial charge in [-0.15, -0.1) is 10.2 Å². The fourth-order valence-electron chi connectivity index (χ4n) is 2.65. The predicted molar refractivity (Wildman–Crippen MR) is 115 cm³/mol. The molecule has 1 N–H and O–H groups in total. The van der Waals surface area contributed by atoms with Crippen LogP contribution >= 0.6 is 23.1 Å². The maximum atomic E-state index is 12.4. The van der Waals surface area contributed by atoms with Gasteiger partial charge < -0.3 is 9.73 Å². The number of thioether (sulfide) groups is 1. The quantitative estimate of drug-likeness (QED) is 0.334. The third-order valence-corrected chi connectivity index (χ3v) is 6.14. The van der Waals surface area contributed by atoms with Gasteiger partial charge in [0.2, 0.25) is 16.9 Å². The van der Waals surface area contributed by atoms with E-state index in [0.29, 0.717) is 22.5 Å². The number of hydrogen-bond donors (Lipinski definition) is 1. The van der Waals surface area contributed by atoms with Gasteiger partial charge in [-0.25, -0.2) is 4.98 Å². The molecule has 0 aliphatic rings. The summed E-state index contributed by atoms with van der Waals surface area (Å²) in [5.41, 5.74) is 2.71. The third kappa shape index (κ3) is 5.10. The highest BCUT2D eigenvalue weighted by Gasteiger charge is 2.16. The fraction of sp³-hybridized carbons (Fsp3) is 0.143. The summed E-state index contributed by atoms with van der Waals surface area (Å²) in [5, 5.41) is 11.5. The van der Waals surface area contributed by atoms with Crippen molar-refractivity contribution in [2.24, 2.45) is 0 Å². The van der Waals surface area contributed by atoms with E-state index in [0.717, 1.165) is 15.7 Å². The molecule has 0 spiro atoms. The van der Waals surface area contributed by atoms with E-state index in [1.807, 2.05) is 55.5 Å². The van der Waals surface area contributed by atoms with E-state index < -0.39 is 0 Å². The Morgan fingerprint density at radius 2 is 1.79 bits per heavy atom. The zero-order valence-corrected chi connectivity index (χ0v) is 17.3. The van der Waals surface area contributed by atoms with Crippen molar-refractivity contribution < 1.29 is 9.21 Å². The van der Waals surface area contributed by atoms with Gasteiger partial charge in [0.1, 0.15) is 5.76 Å². The van der Waals surface area contributed by atoms with E-state index >= 15 is 0 Å². The summed E-state index contributed by atoms with van der Waals surface area (Å²) in [6.07, 6.45) is 0.119. The molecule has 0 saturated heterocycles. The van der Waals surface area contributed by atoms with Crippen LogP contribution in [-0.2, 0) is 17.0 Å². The highest BCUT2D eigenvalue weighted by atomic mass is 32.2. The lowest BCUT2D eigenvalue weighted by Gasteiger charge is -1.99. The molecule has 0 fully saturated rings. The van der Waals surface area contributed by atoms with E-state index in [-0.39, 0.29) is 12.3 Å². The number of carbonyl (C=O) groups is 1. The second kappa shape index (κ2) is 9.02. The summed E-state index contributed by atoms with van der Waals surface area (Å²) in [6, 6.07) is 19.8. The Labute approximate surface area is 176 Å². The Kier molecular flexibility index (Phi) is 6.02. The van der Waals surface area contributed by atoms with Crippen LogP contribution in [0.1, 0.15) is 17.0 Å². The van der Waals surface area contributed by atoms with Crippen molar-refractivity contribution >= 4 is 34.1 Å². The molecule has 2 aromatic heterocycles. The lowest BCUT2D eigenvalue weighted by atomic mass is 10.2. The van der Waals surface area contributed by atoms with E-state index in [1.165, 1.54) is 16.9 Å².